The molecule has 11 nitrogen and oxygen atoms in total. The monoisotopic (exact) mass is 466 g/mol. The predicted octanol–water partition coefficient (Wildman–Crippen LogP) is -0.665. The van der Waals surface area contributed by atoms with Gasteiger partial charge in [-0.05, 0) is 24.5 Å². The average Bonchev–Trinajstić information content (AvgIpc) is 3.12. The van der Waals surface area contributed by atoms with E-state index in [1.807, 2.05) is 24.3 Å². The molecule has 2 amide bonds. The van der Waals surface area contributed by atoms with E-state index in [4.69, 9.17) is 15.9 Å². The molecule has 174 valence electrons. The fourth-order valence-electron chi connectivity index (χ4n) is 3.11. The second-order valence-corrected chi connectivity index (χ2v) is 8.85. The lowest BCUT2D eigenvalue weighted by molar-refractivity contribution is -0.147. The summed E-state index contributed by atoms with van der Waals surface area (Å²) in [5, 5.41) is 23.4. The van der Waals surface area contributed by atoms with E-state index in [-0.39, 0.29) is 18.6 Å². The molecule has 2 aromatic rings. The van der Waals surface area contributed by atoms with Crippen molar-refractivity contribution in [1.29, 1.82) is 0 Å². The lowest BCUT2D eigenvalue weighted by atomic mass is 10.0. The fourth-order valence-corrected chi connectivity index (χ4v) is 3.68. The van der Waals surface area contributed by atoms with Crippen LogP contribution in [0.5, 0.6) is 0 Å². The van der Waals surface area contributed by atoms with Crippen molar-refractivity contribution in [3.63, 3.8) is 0 Å². The van der Waals surface area contributed by atoms with Crippen molar-refractivity contribution < 1.29 is 33.6 Å². The number of para-hydroxylation sites is 1. The summed E-state index contributed by atoms with van der Waals surface area (Å²) in [6.45, 7) is 0. The normalized spacial score (nSPS) is 14.8. The zero-order chi connectivity index (χ0) is 23.8. The number of fused-ring (bicyclic) bond motifs is 1. The number of nitrogens with one attached hydrogen (secondary N) is 3. The molecule has 0 aliphatic heterocycles. The van der Waals surface area contributed by atoms with Gasteiger partial charge in [0.2, 0.25) is 11.8 Å². The van der Waals surface area contributed by atoms with Crippen molar-refractivity contribution in [3.05, 3.63) is 36.0 Å². The van der Waals surface area contributed by atoms with Crippen molar-refractivity contribution in [3.8, 4) is 0 Å². The quantitative estimate of drug-likeness (QED) is 0.237. The maximum absolute atomic E-state index is 12.6. The van der Waals surface area contributed by atoms with E-state index in [1.54, 1.807) is 6.20 Å². The van der Waals surface area contributed by atoms with Gasteiger partial charge in [0.15, 0.2) is 0 Å². The zero-order valence-corrected chi connectivity index (χ0v) is 18.2. The first-order chi connectivity index (χ1) is 15.1. The highest BCUT2D eigenvalue weighted by atomic mass is 32.2. The van der Waals surface area contributed by atoms with E-state index < -0.39 is 59.1 Å². The second kappa shape index (κ2) is 11.4. The Hall–Kier alpha value is -3.25. The molecule has 4 atom stereocenters. The molecule has 0 aliphatic rings. The third kappa shape index (κ3) is 7.17. The number of carboxylic acid groups (broad SMARTS) is 2. The highest BCUT2D eigenvalue weighted by molar-refractivity contribution is 7.84. The van der Waals surface area contributed by atoms with Crippen molar-refractivity contribution in [2.75, 3.05) is 12.0 Å². The van der Waals surface area contributed by atoms with E-state index in [0.29, 0.717) is 0 Å². The third-order valence-electron chi connectivity index (χ3n) is 4.77. The third-order valence-corrected chi connectivity index (χ3v) is 5.58. The maximum atomic E-state index is 12.6. The van der Waals surface area contributed by atoms with Crippen LogP contribution in [0.15, 0.2) is 30.5 Å². The molecule has 0 aliphatic carbocycles. The van der Waals surface area contributed by atoms with Crippen LogP contribution in [0.2, 0.25) is 0 Å². The lowest BCUT2D eigenvalue weighted by Crippen LogP contribution is -2.55. The molecule has 32 heavy (non-hydrogen) atoms. The Morgan fingerprint density at radius 3 is 2.38 bits per heavy atom. The van der Waals surface area contributed by atoms with Gasteiger partial charge in [-0.1, -0.05) is 18.2 Å². The number of hydrogen-bond donors (Lipinski definition) is 6. The molecule has 1 unspecified atom stereocenters. The van der Waals surface area contributed by atoms with Gasteiger partial charge in [-0.3, -0.25) is 18.6 Å². The number of H-pyrrole nitrogens is 1. The Balaban J connectivity index is 2.09. The summed E-state index contributed by atoms with van der Waals surface area (Å²) < 4.78 is 11.5. The summed E-state index contributed by atoms with van der Waals surface area (Å²) >= 11 is 0. The molecule has 12 heteroatoms. The van der Waals surface area contributed by atoms with Crippen LogP contribution in [0.4, 0.5) is 0 Å². The number of benzene rings is 1. The number of carbonyl (C=O) groups is 4. The van der Waals surface area contributed by atoms with E-state index in [9.17, 15) is 23.4 Å². The highest BCUT2D eigenvalue weighted by Crippen LogP contribution is 2.18. The SMILES string of the molecule is CS(=O)CC[C@H](NC(=O)[C@H](N)Cc1c[nH]c2ccccc12)C(=O)N[C@@H](CC(=O)O)C(=O)O. The number of carbonyl (C=O) groups excluding carboxylic acids is 2. The second-order valence-electron chi connectivity index (χ2n) is 7.29. The van der Waals surface area contributed by atoms with Gasteiger partial charge in [-0.2, -0.15) is 0 Å². The molecule has 0 spiro atoms. The van der Waals surface area contributed by atoms with Gasteiger partial charge in [0, 0.05) is 39.9 Å². The summed E-state index contributed by atoms with van der Waals surface area (Å²) in [5.41, 5.74) is 7.73. The largest absolute Gasteiger partial charge is 0.481 e. The molecule has 1 aromatic heterocycles. The van der Waals surface area contributed by atoms with Crippen LogP contribution in [-0.2, 0) is 36.4 Å². The summed E-state index contributed by atoms with van der Waals surface area (Å²) in [5.74, 6) is -4.42. The van der Waals surface area contributed by atoms with Crippen molar-refractivity contribution in [1.82, 2.24) is 15.6 Å². The van der Waals surface area contributed by atoms with E-state index in [2.05, 4.69) is 15.6 Å². The van der Waals surface area contributed by atoms with E-state index in [0.717, 1.165) is 16.5 Å². The number of aliphatic carboxylic acids is 2. The Morgan fingerprint density at radius 2 is 1.75 bits per heavy atom. The molecule has 0 bridgehead atoms. The first kappa shape index (κ1) is 25.0. The van der Waals surface area contributed by atoms with E-state index in [1.165, 1.54) is 6.26 Å². The standard InChI is InChI=1S/C20H26N4O7S/c1-32(31)7-6-15(19(28)24-16(20(29)30)9-17(25)26)23-18(27)13(21)8-11-10-22-14-5-3-2-4-12(11)14/h2-5,10,13,15-16,22H,6-9,21H2,1H3,(H,23,27)(H,24,28)(H,25,26)(H,29,30)/t13-,15+,16+,32?/m1/s1. The number of carboxylic acids is 2. The van der Waals surface area contributed by atoms with Gasteiger partial charge in [0.25, 0.3) is 0 Å². The Labute approximate surface area is 186 Å². The van der Waals surface area contributed by atoms with E-state index >= 15 is 0 Å². The summed E-state index contributed by atoms with van der Waals surface area (Å²) in [6, 6.07) is 3.57. The van der Waals surface area contributed by atoms with Gasteiger partial charge in [0.1, 0.15) is 12.1 Å². The van der Waals surface area contributed by atoms with Crippen LogP contribution in [0.3, 0.4) is 0 Å². The molecule has 0 fully saturated rings. The summed E-state index contributed by atoms with van der Waals surface area (Å²) in [6.07, 6.45) is 2.47. The molecule has 1 heterocycles. The lowest BCUT2D eigenvalue weighted by Gasteiger charge is -2.22. The molecule has 2 rings (SSSR count). The zero-order valence-electron chi connectivity index (χ0n) is 17.4. The van der Waals surface area contributed by atoms with Gasteiger partial charge in [0.05, 0.1) is 12.5 Å². The van der Waals surface area contributed by atoms with Crippen molar-refractivity contribution in [2.24, 2.45) is 5.73 Å². The molecular weight excluding hydrogens is 440 g/mol. The average molecular weight is 467 g/mol. The van der Waals surface area contributed by atoms with Gasteiger partial charge < -0.3 is 31.6 Å². The number of amides is 2. The number of rotatable bonds is 12. The highest BCUT2D eigenvalue weighted by Gasteiger charge is 2.29. The smallest absolute Gasteiger partial charge is 0.326 e. The van der Waals surface area contributed by atoms with Crippen molar-refractivity contribution >= 4 is 45.5 Å². The minimum Gasteiger partial charge on any atom is -0.481 e. The first-order valence-electron chi connectivity index (χ1n) is 9.74. The van der Waals surface area contributed by atoms with Gasteiger partial charge >= 0.3 is 11.9 Å². The first-order valence-corrected chi connectivity index (χ1v) is 11.5. The summed E-state index contributed by atoms with van der Waals surface area (Å²) in [4.78, 5) is 50.4. The predicted molar refractivity (Wildman–Crippen MR) is 117 cm³/mol. The minimum absolute atomic E-state index is 0.0418. The summed E-state index contributed by atoms with van der Waals surface area (Å²) in [7, 11) is -1.28. The number of nitrogens with two attached hydrogens (primary N) is 1. The Morgan fingerprint density at radius 1 is 1.09 bits per heavy atom. The number of aromatic nitrogens is 1. The van der Waals surface area contributed by atoms with Crippen LogP contribution < -0.4 is 16.4 Å². The van der Waals surface area contributed by atoms with Crippen LogP contribution >= 0.6 is 0 Å². The minimum atomic E-state index is -1.67. The van der Waals surface area contributed by atoms with Crippen LogP contribution in [0, 0.1) is 0 Å². The molecule has 0 saturated heterocycles. The van der Waals surface area contributed by atoms with Crippen LogP contribution in [0.1, 0.15) is 18.4 Å². The topological polar surface area (TPSA) is 192 Å². The maximum Gasteiger partial charge on any atom is 0.326 e. The van der Waals surface area contributed by atoms with Crippen LogP contribution in [0.25, 0.3) is 10.9 Å². The molecule has 0 radical (unpaired) electrons. The van der Waals surface area contributed by atoms with Crippen molar-refractivity contribution in [2.45, 2.75) is 37.4 Å². The molecule has 7 N–H and O–H groups in total. The Bertz CT molecular complexity index is 1020. The fraction of sp³-hybridized carbons (Fsp3) is 0.400. The van der Waals surface area contributed by atoms with Gasteiger partial charge in [-0.25, -0.2) is 4.79 Å². The molecule has 0 saturated carbocycles. The van der Waals surface area contributed by atoms with Gasteiger partial charge in [-0.15, -0.1) is 0 Å². The molecular formula is C20H26N4O7S. The van der Waals surface area contributed by atoms with Crippen LogP contribution in [-0.4, -0.2) is 73.3 Å². The molecule has 1 aromatic carbocycles. The number of aromatic amines is 1. The Kier molecular flexibility index (Phi) is 8.91. The number of hydrogen-bond acceptors (Lipinski definition) is 6.